The van der Waals surface area contributed by atoms with Crippen LogP contribution in [0, 0.1) is 39.5 Å². The summed E-state index contributed by atoms with van der Waals surface area (Å²) in [5.74, 6) is 2.06. The zero-order valence-corrected chi connectivity index (χ0v) is 72.0. The van der Waals surface area contributed by atoms with E-state index in [4.69, 9.17) is 77.0 Å². The van der Waals surface area contributed by atoms with E-state index in [9.17, 15) is 31.2 Å². The van der Waals surface area contributed by atoms with Crippen molar-refractivity contribution in [1.82, 2.24) is 0 Å². The number of alkyl halides is 5. The number of ether oxygens (including phenoxy) is 4. The molecule has 3 amide bonds. The largest absolute Gasteiger partial charge is 0.496 e. The van der Waals surface area contributed by atoms with Gasteiger partial charge in [-0.3, -0.25) is 14.4 Å². The maximum absolute atomic E-state index is 12.6. The number of carbonyl (C=O) groups excluding carboxylic acids is 3. The molecule has 6 aromatic carbocycles. The van der Waals surface area contributed by atoms with Gasteiger partial charge in [0.15, 0.2) is 25.8 Å². The molecule has 0 aromatic heterocycles. The Morgan fingerprint density at radius 1 is 0.415 bits per heavy atom. The minimum atomic E-state index is -3.25. The third-order valence-corrected chi connectivity index (χ3v) is 23.6. The molecule has 0 spiro atoms. The zero-order chi connectivity index (χ0) is 78.9. The molecule has 0 aliphatic carbocycles. The van der Waals surface area contributed by atoms with Crippen LogP contribution in [0.25, 0.3) is 0 Å². The van der Waals surface area contributed by atoms with Crippen molar-refractivity contribution in [2.75, 3.05) is 60.3 Å². The molecule has 3 unspecified atom stereocenters. The number of rotatable bonds is 43. The topological polar surface area (TPSA) is 192 Å². The number of carbonyl (C=O) groups is 3. The van der Waals surface area contributed by atoms with Crippen molar-refractivity contribution < 1.29 is 50.2 Å². The van der Waals surface area contributed by atoms with Crippen LogP contribution in [0.3, 0.4) is 0 Å². The fourth-order valence-corrected chi connectivity index (χ4v) is 16.5. The summed E-state index contributed by atoms with van der Waals surface area (Å²) in [6.45, 7) is 17.8. The van der Waals surface area contributed by atoms with Crippen molar-refractivity contribution in [1.29, 1.82) is 0 Å². The highest BCUT2D eigenvalue weighted by Crippen LogP contribution is 2.29. The molecular formula is C84H121BrCl5N3O11S2. The van der Waals surface area contributed by atoms with Crippen LogP contribution in [-0.2, 0) is 62.9 Å². The number of unbranched alkanes of at least 4 members (excludes halogenated alkanes) is 18. The van der Waals surface area contributed by atoms with E-state index in [1.165, 1.54) is 107 Å². The van der Waals surface area contributed by atoms with E-state index in [0.29, 0.717) is 65.3 Å². The summed E-state index contributed by atoms with van der Waals surface area (Å²) in [6.07, 6.45) is 23.2. The average molecular weight is 1670 g/mol. The quantitative estimate of drug-likeness (QED) is 0.0244. The van der Waals surface area contributed by atoms with E-state index in [0.717, 1.165) is 75.2 Å². The lowest BCUT2D eigenvalue weighted by molar-refractivity contribution is -0.123. The second-order valence-electron chi connectivity index (χ2n) is 26.9. The Hall–Kier alpha value is -5.24. The molecule has 0 aliphatic rings. The second kappa shape index (κ2) is 56.0. The predicted octanol–water partition coefficient (Wildman–Crippen LogP) is 23.8. The normalized spacial score (nSPS) is 11.8. The minimum absolute atomic E-state index is 0.130. The lowest BCUT2D eigenvalue weighted by Gasteiger charge is -2.19. The third kappa shape index (κ3) is 40.4. The number of amides is 3. The van der Waals surface area contributed by atoms with Crippen molar-refractivity contribution in [3.63, 3.8) is 0 Å². The first-order chi connectivity index (χ1) is 50.7. The third-order valence-electron chi connectivity index (χ3n) is 17.6. The van der Waals surface area contributed by atoms with E-state index in [-0.39, 0.29) is 52.5 Å². The van der Waals surface area contributed by atoms with Crippen molar-refractivity contribution in [2.24, 2.45) is 11.8 Å². The van der Waals surface area contributed by atoms with Gasteiger partial charge in [0.05, 0.1) is 62.0 Å². The lowest BCUT2D eigenvalue weighted by Crippen LogP contribution is -2.32. The number of halogens is 6. The van der Waals surface area contributed by atoms with Gasteiger partial charge in [-0.2, -0.15) is 0 Å². The molecule has 14 nitrogen and oxygen atoms in total. The van der Waals surface area contributed by atoms with E-state index in [1.807, 2.05) is 70.2 Å². The lowest BCUT2D eigenvalue weighted by atomic mass is 10.1. The Labute approximate surface area is 670 Å². The summed E-state index contributed by atoms with van der Waals surface area (Å²) in [5.41, 5.74) is 11.3. The van der Waals surface area contributed by atoms with Crippen molar-refractivity contribution >= 4 is 128 Å². The number of aryl methyl sites for hydroxylation is 4. The van der Waals surface area contributed by atoms with Crippen LogP contribution >= 0.6 is 73.9 Å². The van der Waals surface area contributed by atoms with E-state index >= 15 is 0 Å². The van der Waals surface area contributed by atoms with Gasteiger partial charge >= 0.3 is 0 Å². The number of sulfone groups is 2. The van der Waals surface area contributed by atoms with Gasteiger partial charge in [0.2, 0.25) is 11.8 Å². The first kappa shape index (κ1) is 96.8. The van der Waals surface area contributed by atoms with Crippen LogP contribution in [0.4, 0.5) is 17.1 Å². The molecule has 106 heavy (non-hydrogen) atoms. The fourth-order valence-electron chi connectivity index (χ4n) is 11.3. The zero-order valence-electron chi connectivity index (χ0n) is 65.0. The SMILES string of the molecule is CCC(Oc1ccc(C)cc1C)C(=O)Nc1ccc(OC)c(CCl)c1.CCCCCCCCCCCCS(=O)(=O)CC(C)C(=O)Nc1ccc(OC)c(CCl)c1.CCCCCCCCCCCCS(=O)(=O)CC(C)C(=O)Nc1ccc(OC)c(CCl)c1.Cc1ccc(Cl)c(CCl)c1.Cc1ccccc1CBr. The molecule has 0 aliphatic heterocycles. The fraction of sp³-hybridized carbons (Fsp3) is 0.536. The summed E-state index contributed by atoms with van der Waals surface area (Å²) in [5, 5.41) is 10.2. The number of anilines is 3. The van der Waals surface area contributed by atoms with E-state index in [2.05, 4.69) is 76.9 Å². The maximum atomic E-state index is 12.6. The molecule has 6 aromatic rings. The molecule has 3 atom stereocenters. The molecule has 0 bridgehead atoms. The first-order valence-electron chi connectivity index (χ1n) is 37.4. The molecule has 0 radical (unpaired) electrons. The molecule has 0 heterocycles. The summed E-state index contributed by atoms with van der Waals surface area (Å²) in [4.78, 5) is 37.5. The highest BCUT2D eigenvalue weighted by atomic mass is 79.9. The number of nitrogens with one attached hydrogen (secondary N) is 3. The van der Waals surface area contributed by atoms with Gasteiger partial charge in [-0.25, -0.2) is 16.8 Å². The Kier molecular flexibility index (Phi) is 51.2. The molecule has 0 saturated heterocycles. The van der Waals surface area contributed by atoms with Gasteiger partial charge < -0.3 is 34.9 Å². The predicted molar refractivity (Wildman–Crippen MR) is 453 cm³/mol. The average Bonchev–Trinajstić information content (AvgIpc) is 0.865. The van der Waals surface area contributed by atoms with Crippen LogP contribution in [0.2, 0.25) is 5.02 Å². The monoisotopic (exact) mass is 1670 g/mol. The number of methoxy groups -OCH3 is 3. The number of hydrogen-bond donors (Lipinski definition) is 3. The van der Waals surface area contributed by atoms with Crippen LogP contribution in [-0.4, -0.2) is 85.0 Å². The Morgan fingerprint density at radius 3 is 1.09 bits per heavy atom. The Morgan fingerprint density at radius 2 is 0.764 bits per heavy atom. The first-order valence-corrected chi connectivity index (χ1v) is 44.7. The Bertz CT molecular complexity index is 3610. The smallest absolute Gasteiger partial charge is 0.265 e. The van der Waals surface area contributed by atoms with Crippen molar-refractivity contribution in [3.05, 3.63) is 170 Å². The molecule has 3 N–H and O–H groups in total. The molecule has 592 valence electrons. The number of benzene rings is 6. The summed E-state index contributed by atoms with van der Waals surface area (Å²) in [7, 11) is -1.79. The van der Waals surface area contributed by atoms with Crippen LogP contribution in [0.15, 0.2) is 115 Å². The van der Waals surface area contributed by atoms with Crippen molar-refractivity contribution in [2.45, 2.75) is 232 Å². The second-order valence-corrected chi connectivity index (χ2v) is 33.4. The number of hydrogen-bond acceptors (Lipinski definition) is 11. The summed E-state index contributed by atoms with van der Waals surface area (Å²) >= 11 is 32.6. The van der Waals surface area contributed by atoms with Crippen LogP contribution in [0.5, 0.6) is 23.0 Å². The molecule has 22 heteroatoms. The van der Waals surface area contributed by atoms with Gasteiger partial charge in [0.1, 0.15) is 23.0 Å². The van der Waals surface area contributed by atoms with Gasteiger partial charge in [0, 0.05) is 61.8 Å². The Balaban J connectivity index is 0.000000480. The maximum Gasteiger partial charge on any atom is 0.265 e. The highest BCUT2D eigenvalue weighted by molar-refractivity contribution is 9.08. The van der Waals surface area contributed by atoms with E-state index < -0.39 is 37.6 Å². The standard InChI is InChI=1S/2C24H40ClNO4S.C20H24ClNO3.C8H9Br.C8H8Cl2/c2*1-4-5-6-7-8-9-10-11-12-13-16-31(28,29)19-20(2)24(27)26-22-14-15-23(30-3)21(17-22)18-25;1-5-17(25-18-8-6-13(2)10-14(18)3)20(23)22-16-7-9-19(24-4)15(11-16)12-21;1-7-4-2-3-5-8(7)6-9;1-6-2-3-8(10)7(4-6)5-9/h2*14-15,17,20H,4-13,16,18-19H2,1-3H3,(H,26,27);6-11,17H,5,12H2,1-4H3,(H,22,23);2-5H,6H2,1H3;2-4H,5H2,1H3. The van der Waals surface area contributed by atoms with Gasteiger partial charge in [-0.05, 0) is 136 Å². The van der Waals surface area contributed by atoms with Crippen LogP contribution in [0.1, 0.15) is 220 Å². The molecular weight excluding hydrogens is 1550 g/mol. The molecule has 6 rings (SSSR count). The van der Waals surface area contributed by atoms with Crippen molar-refractivity contribution in [3.8, 4) is 23.0 Å². The van der Waals surface area contributed by atoms with Gasteiger partial charge in [0.25, 0.3) is 5.91 Å². The molecule has 0 fully saturated rings. The van der Waals surface area contributed by atoms with Gasteiger partial charge in [-0.15, -0.1) is 46.4 Å². The van der Waals surface area contributed by atoms with Crippen LogP contribution < -0.4 is 34.9 Å². The highest BCUT2D eigenvalue weighted by Gasteiger charge is 2.25. The summed E-state index contributed by atoms with van der Waals surface area (Å²) < 4.78 is 71.2. The van der Waals surface area contributed by atoms with Gasteiger partial charge in [-0.1, -0.05) is 237 Å². The summed E-state index contributed by atoms with van der Waals surface area (Å²) in [6, 6.07) is 35.9. The molecule has 0 saturated carbocycles. The minimum Gasteiger partial charge on any atom is -0.496 e. The van der Waals surface area contributed by atoms with E-state index in [1.54, 1.807) is 83.7 Å².